The van der Waals surface area contributed by atoms with E-state index in [-0.39, 0.29) is 11.1 Å². The van der Waals surface area contributed by atoms with E-state index >= 15 is 0 Å². The van der Waals surface area contributed by atoms with Crippen molar-refractivity contribution in [2.75, 3.05) is 6.61 Å². The van der Waals surface area contributed by atoms with Crippen LogP contribution in [0.15, 0.2) is 18.2 Å². The van der Waals surface area contributed by atoms with Crippen LogP contribution in [0.5, 0.6) is 0 Å². The number of amides is 3. The first kappa shape index (κ1) is 19.2. The van der Waals surface area contributed by atoms with Gasteiger partial charge in [-0.25, -0.2) is 14.0 Å². The van der Waals surface area contributed by atoms with Crippen LogP contribution in [-0.2, 0) is 9.53 Å². The molecule has 1 aliphatic carbocycles. The molecule has 0 aromatic heterocycles. The number of urea groups is 1. The van der Waals surface area contributed by atoms with Crippen molar-refractivity contribution in [1.29, 1.82) is 0 Å². The van der Waals surface area contributed by atoms with E-state index in [4.69, 9.17) is 16.3 Å². The van der Waals surface area contributed by atoms with Crippen LogP contribution in [0.4, 0.5) is 9.18 Å². The Morgan fingerprint density at radius 1 is 1.28 bits per heavy atom. The van der Waals surface area contributed by atoms with Crippen molar-refractivity contribution in [3.8, 4) is 0 Å². The van der Waals surface area contributed by atoms with E-state index in [9.17, 15) is 18.8 Å². The molecule has 0 aliphatic heterocycles. The van der Waals surface area contributed by atoms with Crippen LogP contribution >= 0.6 is 11.6 Å². The van der Waals surface area contributed by atoms with E-state index in [1.807, 2.05) is 6.92 Å². The molecule has 2 rings (SSSR count). The number of esters is 1. The van der Waals surface area contributed by atoms with Crippen molar-refractivity contribution < 1.29 is 23.5 Å². The zero-order chi connectivity index (χ0) is 18.4. The minimum absolute atomic E-state index is 0.0151. The highest BCUT2D eigenvalue weighted by molar-refractivity contribution is 6.33. The standard InChI is InChI=1S/C17H20ClFN2O4/c1-10-5-2-3-8-13(10)20-17(24)21-14(22)9-25-16(23)15-11(18)6-4-7-12(15)19/h4,6-7,10,13H,2-3,5,8-9H2,1H3,(H2,20,21,22,24)/t10-,13-/m0/s1. The molecule has 0 radical (unpaired) electrons. The second-order valence-electron chi connectivity index (χ2n) is 6.06. The Hall–Kier alpha value is -2.15. The number of hydrogen-bond acceptors (Lipinski definition) is 4. The molecule has 25 heavy (non-hydrogen) atoms. The largest absolute Gasteiger partial charge is 0.452 e. The third-order valence-corrected chi connectivity index (χ3v) is 4.50. The van der Waals surface area contributed by atoms with Gasteiger partial charge in [-0.3, -0.25) is 10.1 Å². The van der Waals surface area contributed by atoms with Crippen LogP contribution in [0.25, 0.3) is 0 Å². The topological polar surface area (TPSA) is 84.5 Å². The Morgan fingerprint density at radius 3 is 2.68 bits per heavy atom. The second kappa shape index (κ2) is 8.80. The lowest BCUT2D eigenvalue weighted by molar-refractivity contribution is -0.123. The highest BCUT2D eigenvalue weighted by atomic mass is 35.5. The van der Waals surface area contributed by atoms with Gasteiger partial charge in [0.1, 0.15) is 11.4 Å². The highest BCUT2D eigenvalue weighted by Crippen LogP contribution is 2.23. The zero-order valence-corrected chi connectivity index (χ0v) is 14.6. The van der Waals surface area contributed by atoms with Gasteiger partial charge in [0.15, 0.2) is 6.61 Å². The van der Waals surface area contributed by atoms with Crippen molar-refractivity contribution in [3.63, 3.8) is 0 Å². The molecule has 1 saturated carbocycles. The number of halogens is 2. The highest BCUT2D eigenvalue weighted by Gasteiger charge is 2.24. The van der Waals surface area contributed by atoms with Crippen LogP contribution in [0.1, 0.15) is 43.0 Å². The van der Waals surface area contributed by atoms with Crippen LogP contribution in [0.3, 0.4) is 0 Å². The van der Waals surface area contributed by atoms with Crippen molar-refractivity contribution in [1.82, 2.24) is 10.6 Å². The molecule has 6 nitrogen and oxygen atoms in total. The number of nitrogens with one attached hydrogen (secondary N) is 2. The molecule has 0 saturated heterocycles. The van der Waals surface area contributed by atoms with Gasteiger partial charge < -0.3 is 10.1 Å². The Labute approximate surface area is 150 Å². The summed E-state index contributed by atoms with van der Waals surface area (Å²) in [5.41, 5.74) is -0.447. The normalized spacial score (nSPS) is 19.8. The first-order valence-corrected chi connectivity index (χ1v) is 8.47. The van der Waals surface area contributed by atoms with Crippen LogP contribution in [-0.4, -0.2) is 30.6 Å². The van der Waals surface area contributed by atoms with Gasteiger partial charge >= 0.3 is 12.0 Å². The maximum absolute atomic E-state index is 13.6. The predicted molar refractivity (Wildman–Crippen MR) is 89.8 cm³/mol. The molecule has 0 spiro atoms. The molecule has 0 unspecified atom stereocenters. The first-order chi connectivity index (χ1) is 11.9. The van der Waals surface area contributed by atoms with Crippen LogP contribution in [0, 0.1) is 11.7 Å². The maximum Gasteiger partial charge on any atom is 0.343 e. The van der Waals surface area contributed by atoms with E-state index in [1.165, 1.54) is 12.1 Å². The molecule has 1 aromatic carbocycles. The molecule has 2 atom stereocenters. The minimum atomic E-state index is -1.07. The fourth-order valence-electron chi connectivity index (χ4n) is 2.79. The Balaban J connectivity index is 1.80. The van der Waals surface area contributed by atoms with Gasteiger partial charge in [0, 0.05) is 6.04 Å². The predicted octanol–water partition coefficient (Wildman–Crippen LogP) is 3.04. The molecule has 1 aliphatic rings. The zero-order valence-electron chi connectivity index (χ0n) is 13.8. The summed E-state index contributed by atoms with van der Waals surface area (Å²) in [6.07, 6.45) is 4.06. The van der Waals surface area contributed by atoms with Crippen molar-refractivity contribution in [2.24, 2.45) is 5.92 Å². The van der Waals surface area contributed by atoms with Crippen LogP contribution in [0.2, 0.25) is 5.02 Å². The molecule has 1 aromatic rings. The van der Waals surface area contributed by atoms with Crippen molar-refractivity contribution >= 4 is 29.5 Å². The summed E-state index contributed by atoms with van der Waals surface area (Å²) in [6, 6.07) is 3.11. The van der Waals surface area contributed by atoms with Gasteiger partial charge in [0.2, 0.25) is 0 Å². The monoisotopic (exact) mass is 370 g/mol. The molecule has 0 heterocycles. The minimum Gasteiger partial charge on any atom is -0.452 e. The number of carbonyl (C=O) groups is 3. The number of rotatable bonds is 4. The molecule has 2 N–H and O–H groups in total. The van der Waals surface area contributed by atoms with Crippen molar-refractivity contribution in [2.45, 2.75) is 38.6 Å². The van der Waals surface area contributed by atoms with Gasteiger partial charge in [-0.2, -0.15) is 0 Å². The summed E-state index contributed by atoms with van der Waals surface area (Å²) in [6.45, 7) is 1.34. The smallest absolute Gasteiger partial charge is 0.343 e. The molecular formula is C17H20ClFN2O4. The van der Waals surface area contributed by atoms with Gasteiger partial charge in [-0.05, 0) is 30.9 Å². The van der Waals surface area contributed by atoms with Gasteiger partial charge in [0.25, 0.3) is 5.91 Å². The summed E-state index contributed by atoms with van der Waals surface area (Å²) in [5.74, 6) is -2.38. The van der Waals surface area contributed by atoms with E-state index in [0.717, 1.165) is 31.7 Å². The van der Waals surface area contributed by atoms with E-state index in [0.29, 0.717) is 5.92 Å². The third-order valence-electron chi connectivity index (χ3n) is 4.18. The van der Waals surface area contributed by atoms with Gasteiger partial charge in [-0.1, -0.05) is 37.4 Å². The first-order valence-electron chi connectivity index (χ1n) is 8.10. The maximum atomic E-state index is 13.6. The number of hydrogen-bond donors (Lipinski definition) is 2. The summed E-state index contributed by atoms with van der Waals surface area (Å²) in [4.78, 5) is 35.3. The molecule has 1 fully saturated rings. The van der Waals surface area contributed by atoms with Gasteiger partial charge in [0.05, 0.1) is 5.02 Å². The Kier molecular flexibility index (Phi) is 6.75. The SMILES string of the molecule is C[C@H]1CCCC[C@@H]1NC(=O)NC(=O)COC(=O)c1c(F)cccc1Cl. The average Bonchev–Trinajstić information content (AvgIpc) is 2.55. The number of imide groups is 1. The van der Waals surface area contributed by atoms with Crippen molar-refractivity contribution in [3.05, 3.63) is 34.6 Å². The average molecular weight is 371 g/mol. The molecular weight excluding hydrogens is 351 g/mol. The summed E-state index contributed by atoms with van der Waals surface area (Å²) < 4.78 is 18.3. The summed E-state index contributed by atoms with van der Waals surface area (Å²) in [7, 11) is 0. The lowest BCUT2D eigenvalue weighted by Crippen LogP contribution is -2.48. The molecule has 3 amide bonds. The lowest BCUT2D eigenvalue weighted by atomic mass is 9.86. The summed E-state index contributed by atoms with van der Waals surface area (Å²) >= 11 is 5.74. The number of benzene rings is 1. The Morgan fingerprint density at radius 2 is 2.00 bits per heavy atom. The van der Waals surface area contributed by atoms with E-state index < -0.39 is 35.9 Å². The van der Waals surface area contributed by atoms with E-state index in [1.54, 1.807) is 0 Å². The number of carbonyl (C=O) groups excluding carboxylic acids is 3. The molecule has 136 valence electrons. The molecule has 8 heteroatoms. The third kappa shape index (κ3) is 5.42. The number of ether oxygens (including phenoxy) is 1. The Bertz CT molecular complexity index is 648. The quantitative estimate of drug-likeness (QED) is 0.798. The fourth-order valence-corrected chi connectivity index (χ4v) is 3.03. The van der Waals surface area contributed by atoms with E-state index in [2.05, 4.69) is 10.6 Å². The summed E-state index contributed by atoms with van der Waals surface area (Å²) in [5, 5.41) is 4.72. The lowest BCUT2D eigenvalue weighted by Gasteiger charge is -2.29. The molecule has 0 bridgehead atoms. The fraction of sp³-hybridized carbons (Fsp3) is 0.471. The van der Waals surface area contributed by atoms with Gasteiger partial charge in [-0.15, -0.1) is 0 Å². The second-order valence-corrected chi connectivity index (χ2v) is 6.47. The van der Waals surface area contributed by atoms with Crippen LogP contribution < -0.4 is 10.6 Å².